The molecule has 154 valence electrons. The van der Waals surface area contributed by atoms with Gasteiger partial charge in [-0.3, -0.25) is 0 Å². The van der Waals surface area contributed by atoms with Crippen LogP contribution in [-0.4, -0.2) is 29.0 Å². The molecule has 0 bridgehead atoms. The summed E-state index contributed by atoms with van der Waals surface area (Å²) in [6.07, 6.45) is 2.16. The molecule has 0 atom stereocenters. The smallest absolute Gasteiger partial charge is 0.119 e. The molecular weight excluding hydrogens is 386 g/mol. The van der Waals surface area contributed by atoms with Gasteiger partial charge in [0.1, 0.15) is 22.9 Å². The van der Waals surface area contributed by atoms with E-state index in [0.29, 0.717) is 0 Å². The summed E-state index contributed by atoms with van der Waals surface area (Å²) in [7, 11) is 3.36. The van der Waals surface area contributed by atoms with E-state index in [1.807, 2.05) is 24.3 Å². The van der Waals surface area contributed by atoms with E-state index in [4.69, 9.17) is 9.47 Å². The second-order valence-electron chi connectivity index (χ2n) is 7.67. The molecule has 0 unspecified atom stereocenters. The van der Waals surface area contributed by atoms with Gasteiger partial charge in [0.25, 0.3) is 0 Å². The van der Waals surface area contributed by atoms with E-state index in [1.165, 1.54) is 11.1 Å². The number of hydrogen-bond donors (Lipinski definition) is 0. The summed E-state index contributed by atoms with van der Waals surface area (Å²) in [4.78, 5) is 0. The number of benzene rings is 3. The van der Waals surface area contributed by atoms with Crippen LogP contribution in [0.25, 0.3) is 33.4 Å². The van der Waals surface area contributed by atoms with Gasteiger partial charge in [-0.05, 0) is 42.8 Å². The summed E-state index contributed by atoms with van der Waals surface area (Å²) in [5.74, 6) is 1.65. The van der Waals surface area contributed by atoms with Gasteiger partial charge >= 0.3 is 0 Å². The second-order valence-corrected chi connectivity index (χ2v) is 7.67. The van der Waals surface area contributed by atoms with Gasteiger partial charge in [-0.1, -0.05) is 42.0 Å². The van der Waals surface area contributed by atoms with Crippen molar-refractivity contribution >= 4 is 10.9 Å². The zero-order chi connectivity index (χ0) is 21.4. The second kappa shape index (κ2) is 7.76. The molecule has 3 aromatic rings. The molecule has 5 rings (SSSR count). The predicted molar refractivity (Wildman–Crippen MR) is 123 cm³/mol. The zero-order valence-electron chi connectivity index (χ0n) is 17.8. The first-order chi connectivity index (χ1) is 15.2. The summed E-state index contributed by atoms with van der Waals surface area (Å²) in [5, 5.41) is 10.1. The first kappa shape index (κ1) is 19.1. The van der Waals surface area contributed by atoms with Crippen LogP contribution >= 0.6 is 0 Å². The van der Waals surface area contributed by atoms with Crippen molar-refractivity contribution in [3.05, 3.63) is 84.1 Å². The molecule has 0 N–H and O–H groups in total. The Kier molecular flexibility index (Phi) is 4.79. The third-order valence-corrected chi connectivity index (χ3v) is 5.65. The fourth-order valence-electron chi connectivity index (χ4n) is 3.93. The molecule has 5 heteroatoms. The summed E-state index contributed by atoms with van der Waals surface area (Å²) in [6, 6.07) is 22.7. The van der Waals surface area contributed by atoms with Crippen LogP contribution in [0.5, 0.6) is 11.5 Å². The number of methoxy groups -OCH3 is 2. The van der Waals surface area contributed by atoms with Crippen LogP contribution in [0, 0.1) is 6.92 Å². The Balaban J connectivity index is 1.69. The minimum absolute atomic E-state index is 0.723. The van der Waals surface area contributed by atoms with E-state index in [-0.39, 0.29) is 0 Å². The number of pyridine rings is 1. The number of ether oxygens (including phenoxy) is 2. The van der Waals surface area contributed by atoms with Crippen LogP contribution in [0.1, 0.15) is 11.1 Å². The van der Waals surface area contributed by atoms with Crippen molar-refractivity contribution in [1.82, 2.24) is 14.8 Å². The van der Waals surface area contributed by atoms with E-state index in [9.17, 15) is 0 Å². The summed E-state index contributed by atoms with van der Waals surface area (Å²) in [5.41, 5.74) is 7.35. The van der Waals surface area contributed by atoms with Gasteiger partial charge < -0.3 is 14.0 Å². The molecule has 0 spiro atoms. The Labute approximate surface area is 181 Å². The third kappa shape index (κ3) is 3.48. The first-order valence-electron chi connectivity index (χ1n) is 10.2. The molecular formula is C26H23N3O2. The fourth-order valence-corrected chi connectivity index (χ4v) is 3.93. The van der Waals surface area contributed by atoms with Crippen molar-refractivity contribution in [3.63, 3.8) is 0 Å². The molecule has 0 radical (unpaired) electrons. The molecule has 0 saturated carbocycles. The van der Waals surface area contributed by atoms with Gasteiger partial charge in [-0.25, -0.2) is 0 Å². The van der Waals surface area contributed by atoms with E-state index >= 15 is 0 Å². The van der Waals surface area contributed by atoms with Crippen LogP contribution in [0.2, 0.25) is 0 Å². The molecule has 2 aliphatic heterocycles. The maximum atomic E-state index is 5.49. The van der Waals surface area contributed by atoms with Crippen LogP contribution in [0.3, 0.4) is 0 Å². The Morgan fingerprint density at radius 1 is 0.774 bits per heavy atom. The van der Waals surface area contributed by atoms with E-state index < -0.39 is 0 Å². The van der Waals surface area contributed by atoms with Crippen molar-refractivity contribution in [2.45, 2.75) is 13.5 Å². The minimum atomic E-state index is 0.723. The lowest BCUT2D eigenvalue weighted by Crippen LogP contribution is -2.04. The molecule has 0 amide bonds. The van der Waals surface area contributed by atoms with E-state index in [1.54, 1.807) is 14.2 Å². The quantitative estimate of drug-likeness (QED) is 0.380. The van der Waals surface area contributed by atoms with Crippen molar-refractivity contribution in [2.24, 2.45) is 0 Å². The topological polar surface area (TPSA) is 49.2 Å². The standard InChI is InChI=1S/C26H23N3O2/c1-17-4-8-19(9-5-17)25-23-16-29(15-18-6-10-20(30-2)11-7-18)24-13-12-21(31-3)14-22(24)26(23)28-27-25/h4-14,16H,15H2,1-3H3. The highest BCUT2D eigenvalue weighted by Gasteiger charge is 2.20. The van der Waals surface area contributed by atoms with E-state index in [2.05, 4.69) is 70.3 Å². The molecule has 0 saturated heterocycles. The molecule has 2 heterocycles. The van der Waals surface area contributed by atoms with Gasteiger partial charge in [0.2, 0.25) is 0 Å². The monoisotopic (exact) mass is 409 g/mol. The lowest BCUT2D eigenvalue weighted by molar-refractivity contribution is 0.414. The molecule has 5 nitrogen and oxygen atoms in total. The van der Waals surface area contributed by atoms with Crippen molar-refractivity contribution in [1.29, 1.82) is 0 Å². The Hall–Kier alpha value is -3.86. The zero-order valence-corrected chi connectivity index (χ0v) is 17.8. The van der Waals surface area contributed by atoms with Gasteiger partial charge in [-0.2, -0.15) is 0 Å². The highest BCUT2D eigenvalue weighted by molar-refractivity contribution is 5.98. The number of aromatic nitrogens is 3. The Bertz CT molecular complexity index is 1320. The highest BCUT2D eigenvalue weighted by Crippen LogP contribution is 2.38. The lowest BCUT2D eigenvalue weighted by atomic mass is 10.0. The van der Waals surface area contributed by atoms with Gasteiger partial charge in [0.15, 0.2) is 0 Å². The normalized spacial score (nSPS) is 11.2. The summed E-state index contributed by atoms with van der Waals surface area (Å²) in [6.45, 7) is 2.81. The molecule has 0 fully saturated rings. The SMILES string of the molecule is COc1ccc(Cn2cc3c(-c4ccc(C)cc4)nnc-3c3cc(OC)ccc32)cc1. The number of aryl methyl sites for hydroxylation is 1. The largest absolute Gasteiger partial charge is 0.497 e. The number of nitrogens with zero attached hydrogens (tertiary/aromatic N) is 3. The van der Waals surface area contributed by atoms with Gasteiger partial charge in [0, 0.05) is 29.3 Å². The average molecular weight is 409 g/mol. The number of fused-ring (bicyclic) bond motifs is 3. The molecule has 2 aliphatic rings. The summed E-state index contributed by atoms with van der Waals surface area (Å²) < 4.78 is 13.0. The molecule has 31 heavy (non-hydrogen) atoms. The minimum Gasteiger partial charge on any atom is -0.497 e. The lowest BCUT2D eigenvalue weighted by Gasteiger charge is -2.16. The van der Waals surface area contributed by atoms with Crippen molar-refractivity contribution in [2.75, 3.05) is 14.2 Å². The van der Waals surface area contributed by atoms with Crippen LogP contribution in [0.4, 0.5) is 0 Å². The van der Waals surface area contributed by atoms with Crippen LogP contribution in [0.15, 0.2) is 72.9 Å². The van der Waals surface area contributed by atoms with Gasteiger partial charge in [-0.15, -0.1) is 10.2 Å². The summed E-state index contributed by atoms with van der Waals surface area (Å²) >= 11 is 0. The average Bonchev–Trinajstić information content (AvgIpc) is 3.24. The van der Waals surface area contributed by atoms with Crippen molar-refractivity contribution in [3.8, 4) is 34.0 Å². The van der Waals surface area contributed by atoms with E-state index in [0.717, 1.165) is 51.5 Å². The number of rotatable bonds is 5. The fraction of sp³-hybridized carbons (Fsp3) is 0.154. The first-order valence-corrected chi connectivity index (χ1v) is 10.2. The maximum Gasteiger partial charge on any atom is 0.119 e. The Morgan fingerprint density at radius 3 is 2.16 bits per heavy atom. The molecule has 0 aliphatic carbocycles. The van der Waals surface area contributed by atoms with Crippen LogP contribution < -0.4 is 9.47 Å². The molecule has 3 aromatic carbocycles. The van der Waals surface area contributed by atoms with Gasteiger partial charge in [0.05, 0.1) is 19.7 Å². The van der Waals surface area contributed by atoms with Crippen LogP contribution in [-0.2, 0) is 6.54 Å². The van der Waals surface area contributed by atoms with Crippen molar-refractivity contribution < 1.29 is 9.47 Å². The predicted octanol–water partition coefficient (Wildman–Crippen LogP) is 5.58. The number of hydrogen-bond acceptors (Lipinski definition) is 4. The Morgan fingerprint density at radius 2 is 1.45 bits per heavy atom. The molecule has 0 aromatic heterocycles. The maximum absolute atomic E-state index is 5.49. The third-order valence-electron chi connectivity index (χ3n) is 5.65. The highest BCUT2D eigenvalue weighted by atomic mass is 16.5.